The van der Waals surface area contributed by atoms with Crippen LogP contribution >= 0.6 is 0 Å². The third-order valence-corrected chi connectivity index (χ3v) is 3.74. The van der Waals surface area contributed by atoms with Crippen molar-refractivity contribution < 1.29 is 5.11 Å². The minimum Gasteiger partial charge on any atom is -0.395 e. The highest BCUT2D eigenvalue weighted by Gasteiger charge is 2.14. The van der Waals surface area contributed by atoms with Gasteiger partial charge in [-0.25, -0.2) is 0 Å². The van der Waals surface area contributed by atoms with Gasteiger partial charge in [0.1, 0.15) is 0 Å². The summed E-state index contributed by atoms with van der Waals surface area (Å²) in [7, 11) is 2.07. The van der Waals surface area contributed by atoms with Gasteiger partial charge in [-0.1, -0.05) is 0 Å². The topological polar surface area (TPSA) is 39.3 Å². The number of H-pyrrole nitrogens is 1. The van der Waals surface area contributed by atoms with Crippen molar-refractivity contribution in [2.75, 3.05) is 26.7 Å². The fraction of sp³-hybridized carbons (Fsp3) is 0.714. The molecular formula is C14H24N2O. The fourth-order valence-corrected chi connectivity index (χ4v) is 2.73. The molecular weight excluding hydrogens is 212 g/mol. The number of aliphatic hydroxyl groups excluding tert-OH is 1. The molecule has 0 atom stereocenters. The van der Waals surface area contributed by atoms with Gasteiger partial charge in [-0.2, -0.15) is 0 Å². The van der Waals surface area contributed by atoms with Gasteiger partial charge in [0, 0.05) is 18.4 Å². The molecule has 0 radical (unpaired) electrons. The summed E-state index contributed by atoms with van der Waals surface area (Å²) in [5.74, 6) is 0. The van der Waals surface area contributed by atoms with E-state index < -0.39 is 0 Å². The molecule has 0 amide bonds. The first-order valence-corrected chi connectivity index (χ1v) is 6.78. The zero-order valence-electron chi connectivity index (χ0n) is 10.8. The van der Waals surface area contributed by atoms with E-state index in [1.807, 2.05) is 0 Å². The van der Waals surface area contributed by atoms with Crippen LogP contribution in [0.15, 0.2) is 6.20 Å². The summed E-state index contributed by atoms with van der Waals surface area (Å²) in [6, 6.07) is 0. The van der Waals surface area contributed by atoms with Crippen LogP contribution in [-0.2, 0) is 19.3 Å². The summed E-state index contributed by atoms with van der Waals surface area (Å²) in [5, 5.41) is 8.83. The second-order valence-electron chi connectivity index (χ2n) is 5.11. The number of fused-ring (bicyclic) bond motifs is 1. The Bertz CT molecular complexity index is 346. The van der Waals surface area contributed by atoms with Gasteiger partial charge in [-0.3, -0.25) is 0 Å². The molecule has 0 saturated carbocycles. The molecule has 1 aliphatic rings. The Labute approximate surface area is 104 Å². The minimum atomic E-state index is 0.260. The molecule has 3 nitrogen and oxygen atoms in total. The predicted molar refractivity (Wildman–Crippen MR) is 70.3 cm³/mol. The standard InChI is InChI=1S/C14H24N2O/c1-16(9-10-17)8-4-5-12-11-15-14-7-3-2-6-13(12)14/h11,15,17H,2-10H2,1H3. The SMILES string of the molecule is CN(CCO)CCCc1c[nH]c2c1CCCC2. The molecule has 1 aliphatic carbocycles. The minimum absolute atomic E-state index is 0.260. The number of rotatable bonds is 6. The number of hydrogen-bond donors (Lipinski definition) is 2. The number of nitrogens with zero attached hydrogens (tertiary/aromatic N) is 1. The van der Waals surface area contributed by atoms with Crippen LogP contribution in [0, 0.1) is 0 Å². The van der Waals surface area contributed by atoms with E-state index >= 15 is 0 Å². The molecule has 96 valence electrons. The van der Waals surface area contributed by atoms with Gasteiger partial charge in [0.15, 0.2) is 0 Å². The molecule has 0 aromatic carbocycles. The van der Waals surface area contributed by atoms with E-state index in [-0.39, 0.29) is 6.61 Å². The molecule has 0 aliphatic heterocycles. The van der Waals surface area contributed by atoms with E-state index in [1.54, 1.807) is 5.56 Å². The van der Waals surface area contributed by atoms with E-state index in [9.17, 15) is 0 Å². The van der Waals surface area contributed by atoms with Crippen LogP contribution in [0.2, 0.25) is 0 Å². The maximum absolute atomic E-state index is 8.83. The Morgan fingerprint density at radius 3 is 2.94 bits per heavy atom. The Kier molecular flexibility index (Phi) is 4.63. The van der Waals surface area contributed by atoms with E-state index in [1.165, 1.54) is 49.8 Å². The lowest BCUT2D eigenvalue weighted by Gasteiger charge is -2.15. The quantitative estimate of drug-likeness (QED) is 0.790. The smallest absolute Gasteiger partial charge is 0.0558 e. The molecule has 2 N–H and O–H groups in total. The van der Waals surface area contributed by atoms with Crippen molar-refractivity contribution in [3.8, 4) is 0 Å². The molecule has 1 aromatic rings. The molecule has 1 aromatic heterocycles. The molecule has 1 heterocycles. The van der Waals surface area contributed by atoms with E-state index in [2.05, 4.69) is 23.1 Å². The van der Waals surface area contributed by atoms with Gasteiger partial charge in [-0.05, 0) is 63.2 Å². The first-order chi connectivity index (χ1) is 8.31. The summed E-state index contributed by atoms with van der Waals surface area (Å²) in [6.45, 7) is 2.11. The Hall–Kier alpha value is -0.800. The van der Waals surface area contributed by atoms with Gasteiger partial charge < -0.3 is 15.0 Å². The number of hydrogen-bond acceptors (Lipinski definition) is 2. The predicted octanol–water partition coefficient (Wildman–Crippen LogP) is 1.75. The van der Waals surface area contributed by atoms with E-state index in [4.69, 9.17) is 5.11 Å². The first-order valence-electron chi connectivity index (χ1n) is 6.78. The summed E-state index contributed by atoms with van der Waals surface area (Å²) in [4.78, 5) is 5.63. The van der Waals surface area contributed by atoms with Crippen LogP contribution in [0.4, 0.5) is 0 Å². The van der Waals surface area contributed by atoms with E-state index in [0.717, 1.165) is 13.1 Å². The highest BCUT2D eigenvalue weighted by atomic mass is 16.3. The molecule has 0 fully saturated rings. The summed E-state index contributed by atoms with van der Waals surface area (Å²) in [5.41, 5.74) is 4.60. The lowest BCUT2D eigenvalue weighted by atomic mass is 9.93. The Balaban J connectivity index is 1.81. The highest BCUT2D eigenvalue weighted by molar-refractivity contribution is 5.32. The fourth-order valence-electron chi connectivity index (χ4n) is 2.73. The second kappa shape index (κ2) is 6.22. The monoisotopic (exact) mass is 236 g/mol. The van der Waals surface area contributed by atoms with Crippen LogP contribution in [0.25, 0.3) is 0 Å². The number of aliphatic hydroxyl groups is 1. The first kappa shape index (κ1) is 12.7. The largest absolute Gasteiger partial charge is 0.395 e. The third-order valence-electron chi connectivity index (χ3n) is 3.74. The molecule has 0 saturated heterocycles. The van der Waals surface area contributed by atoms with Gasteiger partial charge in [0.25, 0.3) is 0 Å². The zero-order chi connectivity index (χ0) is 12.1. The highest BCUT2D eigenvalue weighted by Crippen LogP contribution is 2.24. The summed E-state index contributed by atoms with van der Waals surface area (Å²) < 4.78 is 0. The van der Waals surface area contributed by atoms with Crippen molar-refractivity contribution in [2.24, 2.45) is 0 Å². The number of aryl methyl sites for hydroxylation is 2. The van der Waals surface area contributed by atoms with Gasteiger partial charge in [-0.15, -0.1) is 0 Å². The average Bonchev–Trinajstić information content (AvgIpc) is 2.73. The Morgan fingerprint density at radius 1 is 1.29 bits per heavy atom. The molecule has 17 heavy (non-hydrogen) atoms. The van der Waals surface area contributed by atoms with Crippen molar-refractivity contribution >= 4 is 0 Å². The van der Waals surface area contributed by atoms with Crippen LogP contribution < -0.4 is 0 Å². The molecule has 0 spiro atoms. The van der Waals surface area contributed by atoms with Gasteiger partial charge in [0.05, 0.1) is 6.61 Å². The normalized spacial score (nSPS) is 15.2. The number of aromatic nitrogens is 1. The average molecular weight is 236 g/mol. The molecule has 0 unspecified atom stereocenters. The Morgan fingerprint density at radius 2 is 2.12 bits per heavy atom. The van der Waals surface area contributed by atoms with Gasteiger partial charge >= 0.3 is 0 Å². The number of aromatic amines is 1. The van der Waals surface area contributed by atoms with Crippen LogP contribution in [0.5, 0.6) is 0 Å². The second-order valence-corrected chi connectivity index (χ2v) is 5.11. The van der Waals surface area contributed by atoms with Crippen molar-refractivity contribution in [1.82, 2.24) is 9.88 Å². The molecule has 2 rings (SSSR count). The maximum Gasteiger partial charge on any atom is 0.0558 e. The van der Waals surface area contributed by atoms with Gasteiger partial charge in [0.2, 0.25) is 0 Å². The van der Waals surface area contributed by atoms with Crippen molar-refractivity contribution in [3.63, 3.8) is 0 Å². The lowest BCUT2D eigenvalue weighted by molar-refractivity contribution is 0.220. The third kappa shape index (κ3) is 3.33. The van der Waals surface area contributed by atoms with Crippen LogP contribution in [0.1, 0.15) is 36.1 Å². The maximum atomic E-state index is 8.83. The molecule has 0 bridgehead atoms. The van der Waals surface area contributed by atoms with Crippen LogP contribution in [-0.4, -0.2) is 41.7 Å². The molecule has 3 heteroatoms. The number of likely N-dealkylation sites (N-methyl/N-ethyl adjacent to an activating group) is 1. The van der Waals surface area contributed by atoms with Crippen LogP contribution in [0.3, 0.4) is 0 Å². The number of nitrogens with one attached hydrogen (secondary N) is 1. The zero-order valence-corrected chi connectivity index (χ0v) is 10.8. The summed E-state index contributed by atoms with van der Waals surface area (Å²) in [6.07, 6.45) is 9.75. The lowest BCUT2D eigenvalue weighted by Crippen LogP contribution is -2.23. The van der Waals surface area contributed by atoms with Crippen molar-refractivity contribution in [2.45, 2.75) is 38.5 Å². The summed E-state index contributed by atoms with van der Waals surface area (Å²) >= 11 is 0. The van der Waals surface area contributed by atoms with Crippen molar-refractivity contribution in [1.29, 1.82) is 0 Å². The van der Waals surface area contributed by atoms with Crippen molar-refractivity contribution in [3.05, 3.63) is 23.0 Å². The van der Waals surface area contributed by atoms with E-state index in [0.29, 0.717) is 0 Å².